The van der Waals surface area contributed by atoms with E-state index in [0.717, 1.165) is 26.4 Å². The number of carbonyl (C=O) groups is 1. The first kappa shape index (κ1) is 13.0. The van der Waals surface area contributed by atoms with Crippen molar-refractivity contribution in [1.82, 2.24) is 9.38 Å². The molecule has 4 rings (SSSR count). The number of esters is 1. The maximum Gasteiger partial charge on any atom is 0.337 e. The van der Waals surface area contributed by atoms with Gasteiger partial charge in [0.25, 0.3) is 0 Å². The number of fused-ring (bicyclic) bond motifs is 3. The summed E-state index contributed by atoms with van der Waals surface area (Å²) in [4.78, 5) is 17.2. The fraction of sp³-hybridized carbons (Fsp3) is 0.0588. The number of hydrogen-bond donors (Lipinski definition) is 0. The van der Waals surface area contributed by atoms with Crippen LogP contribution in [0, 0.1) is 0 Å². The normalized spacial score (nSPS) is 11.1. The van der Waals surface area contributed by atoms with Gasteiger partial charge in [0.05, 0.1) is 28.6 Å². The molecule has 0 aliphatic carbocycles. The van der Waals surface area contributed by atoms with Gasteiger partial charge in [-0.15, -0.1) is 0 Å². The Kier molecular flexibility index (Phi) is 2.94. The molecular formula is C17H12N2O2S. The molecule has 0 bridgehead atoms. The van der Waals surface area contributed by atoms with Gasteiger partial charge < -0.3 is 4.74 Å². The molecule has 2 aromatic carbocycles. The minimum atomic E-state index is -0.321. The van der Waals surface area contributed by atoms with Gasteiger partial charge in [-0.05, 0) is 18.2 Å². The van der Waals surface area contributed by atoms with Crippen LogP contribution in [-0.4, -0.2) is 22.5 Å². The highest BCUT2D eigenvalue weighted by molar-refractivity contribution is 7.23. The van der Waals surface area contributed by atoms with Crippen LogP contribution in [0.15, 0.2) is 54.7 Å². The van der Waals surface area contributed by atoms with Gasteiger partial charge in [-0.3, -0.25) is 4.40 Å². The molecule has 2 heterocycles. The van der Waals surface area contributed by atoms with Crippen LogP contribution in [0.2, 0.25) is 0 Å². The molecule has 0 aliphatic rings. The molecule has 0 radical (unpaired) electrons. The highest BCUT2D eigenvalue weighted by Gasteiger charge is 2.12. The molecule has 0 fully saturated rings. The number of rotatable bonds is 2. The first-order chi connectivity index (χ1) is 10.8. The number of ether oxygens (including phenoxy) is 1. The Morgan fingerprint density at radius 3 is 2.77 bits per heavy atom. The molecule has 0 N–H and O–H groups in total. The third kappa shape index (κ3) is 1.98. The molecule has 2 aromatic heterocycles. The number of aromatic nitrogens is 2. The van der Waals surface area contributed by atoms with Gasteiger partial charge in [-0.1, -0.05) is 41.7 Å². The molecule has 0 unspecified atom stereocenters. The number of thiazole rings is 1. The summed E-state index contributed by atoms with van der Waals surface area (Å²) in [5.74, 6) is -0.321. The van der Waals surface area contributed by atoms with E-state index in [0.29, 0.717) is 5.56 Å². The van der Waals surface area contributed by atoms with Crippen molar-refractivity contribution in [3.63, 3.8) is 0 Å². The summed E-state index contributed by atoms with van der Waals surface area (Å²) in [6, 6.07) is 15.7. The van der Waals surface area contributed by atoms with Crippen molar-refractivity contribution in [2.75, 3.05) is 7.11 Å². The molecule has 0 aliphatic heterocycles. The summed E-state index contributed by atoms with van der Waals surface area (Å²) in [6.45, 7) is 0. The van der Waals surface area contributed by atoms with Crippen LogP contribution in [0.5, 0.6) is 0 Å². The highest BCUT2D eigenvalue weighted by atomic mass is 32.1. The summed E-state index contributed by atoms with van der Waals surface area (Å²) in [5, 5.41) is 0. The maximum absolute atomic E-state index is 11.6. The lowest BCUT2D eigenvalue weighted by molar-refractivity contribution is 0.0601. The van der Waals surface area contributed by atoms with Gasteiger partial charge >= 0.3 is 5.97 Å². The minimum Gasteiger partial charge on any atom is -0.465 e. The first-order valence-electron chi connectivity index (χ1n) is 6.81. The summed E-state index contributed by atoms with van der Waals surface area (Å²) in [7, 11) is 1.39. The van der Waals surface area contributed by atoms with Crippen molar-refractivity contribution in [3.8, 4) is 11.3 Å². The summed E-state index contributed by atoms with van der Waals surface area (Å²) in [6.07, 6.45) is 2.03. The molecule has 108 valence electrons. The molecule has 4 aromatic rings. The Hall–Kier alpha value is -2.66. The van der Waals surface area contributed by atoms with Gasteiger partial charge in [0.15, 0.2) is 4.96 Å². The van der Waals surface area contributed by atoms with Crippen molar-refractivity contribution in [2.45, 2.75) is 0 Å². The highest BCUT2D eigenvalue weighted by Crippen LogP contribution is 2.30. The minimum absolute atomic E-state index is 0.321. The molecular weight excluding hydrogens is 296 g/mol. The second kappa shape index (κ2) is 4.96. The molecule has 0 saturated carbocycles. The van der Waals surface area contributed by atoms with E-state index in [9.17, 15) is 4.79 Å². The summed E-state index contributed by atoms with van der Waals surface area (Å²) >= 11 is 1.56. The molecule has 22 heavy (non-hydrogen) atoms. The topological polar surface area (TPSA) is 43.6 Å². The zero-order valence-corrected chi connectivity index (χ0v) is 12.6. The van der Waals surface area contributed by atoms with Gasteiger partial charge in [-0.25, -0.2) is 9.78 Å². The van der Waals surface area contributed by atoms with Crippen LogP contribution in [0.25, 0.3) is 26.4 Å². The lowest BCUT2D eigenvalue weighted by Gasteiger charge is -1.99. The van der Waals surface area contributed by atoms with Gasteiger partial charge in [0.2, 0.25) is 0 Å². The lowest BCUT2D eigenvalue weighted by Crippen LogP contribution is -2.00. The second-order valence-corrected chi connectivity index (χ2v) is 5.93. The Bertz CT molecular complexity index is 986. The summed E-state index contributed by atoms with van der Waals surface area (Å²) < 4.78 is 7.84. The van der Waals surface area contributed by atoms with Crippen molar-refractivity contribution >= 4 is 32.5 Å². The molecule has 5 heteroatoms. The van der Waals surface area contributed by atoms with Gasteiger partial charge in [0, 0.05) is 11.8 Å². The van der Waals surface area contributed by atoms with Crippen LogP contribution >= 0.6 is 11.3 Å². The molecule has 0 atom stereocenters. The number of benzene rings is 2. The van der Waals surface area contributed by atoms with E-state index in [1.165, 1.54) is 7.11 Å². The number of nitrogens with zero attached hydrogens (tertiary/aromatic N) is 2. The van der Waals surface area contributed by atoms with Crippen LogP contribution in [0.4, 0.5) is 0 Å². The fourth-order valence-electron chi connectivity index (χ4n) is 2.49. The third-order valence-electron chi connectivity index (χ3n) is 3.58. The zero-order chi connectivity index (χ0) is 15.1. The van der Waals surface area contributed by atoms with E-state index >= 15 is 0 Å². The van der Waals surface area contributed by atoms with E-state index in [1.807, 2.05) is 48.7 Å². The maximum atomic E-state index is 11.6. The predicted molar refractivity (Wildman–Crippen MR) is 87.4 cm³/mol. The number of hydrogen-bond acceptors (Lipinski definition) is 4. The third-order valence-corrected chi connectivity index (χ3v) is 4.60. The predicted octanol–water partition coefficient (Wildman–Crippen LogP) is 4.00. The molecule has 0 amide bonds. The van der Waals surface area contributed by atoms with E-state index in [2.05, 4.69) is 9.38 Å². The number of methoxy groups -OCH3 is 1. The van der Waals surface area contributed by atoms with E-state index in [1.54, 1.807) is 17.4 Å². The molecule has 4 nitrogen and oxygen atoms in total. The van der Waals surface area contributed by atoms with Crippen LogP contribution in [0.1, 0.15) is 10.4 Å². The van der Waals surface area contributed by atoms with Crippen LogP contribution in [-0.2, 0) is 4.74 Å². The van der Waals surface area contributed by atoms with E-state index in [-0.39, 0.29) is 5.97 Å². The smallest absolute Gasteiger partial charge is 0.337 e. The molecule has 0 saturated heterocycles. The zero-order valence-electron chi connectivity index (χ0n) is 11.8. The first-order valence-corrected chi connectivity index (χ1v) is 7.63. The monoisotopic (exact) mass is 308 g/mol. The second-order valence-electron chi connectivity index (χ2n) is 4.92. The van der Waals surface area contributed by atoms with E-state index < -0.39 is 0 Å². The standard InChI is InChI=1S/C17H12N2O2S/c1-21-16(20)12-7-8-14-15(9-12)22-17-18-13(10-19(14)17)11-5-3-2-4-6-11/h2-10H,1H3. The Balaban J connectivity index is 1.87. The van der Waals surface area contributed by atoms with Crippen molar-refractivity contribution in [3.05, 3.63) is 60.3 Å². The number of carbonyl (C=O) groups excluding carboxylic acids is 1. The average Bonchev–Trinajstić information content (AvgIpc) is 3.12. The summed E-state index contributed by atoms with van der Waals surface area (Å²) in [5.41, 5.74) is 3.65. The van der Waals surface area contributed by atoms with Gasteiger partial charge in [0.1, 0.15) is 0 Å². The Labute approximate surface area is 130 Å². The largest absolute Gasteiger partial charge is 0.465 e. The average molecular weight is 308 g/mol. The SMILES string of the molecule is COC(=O)c1ccc2c(c1)sc1nc(-c3ccccc3)cn12. The van der Waals surface area contributed by atoms with Crippen LogP contribution < -0.4 is 0 Å². The quantitative estimate of drug-likeness (QED) is 0.526. The Morgan fingerprint density at radius 1 is 1.18 bits per heavy atom. The van der Waals surface area contributed by atoms with Gasteiger partial charge in [-0.2, -0.15) is 0 Å². The van der Waals surface area contributed by atoms with Crippen LogP contribution in [0.3, 0.4) is 0 Å². The van der Waals surface area contributed by atoms with Crippen molar-refractivity contribution < 1.29 is 9.53 Å². The van der Waals surface area contributed by atoms with Crippen molar-refractivity contribution in [1.29, 1.82) is 0 Å². The fourth-order valence-corrected chi connectivity index (χ4v) is 3.54. The number of imidazole rings is 1. The van der Waals surface area contributed by atoms with Crippen molar-refractivity contribution in [2.24, 2.45) is 0 Å². The molecule has 0 spiro atoms. The lowest BCUT2D eigenvalue weighted by atomic mass is 10.2. The van der Waals surface area contributed by atoms with E-state index in [4.69, 9.17) is 4.74 Å². The Morgan fingerprint density at radius 2 is 2.00 bits per heavy atom.